The van der Waals surface area contributed by atoms with Crippen molar-refractivity contribution in [3.05, 3.63) is 36.7 Å². The fourth-order valence-corrected chi connectivity index (χ4v) is 32.4. The van der Waals surface area contributed by atoms with Crippen LogP contribution in [0.2, 0.25) is 63.2 Å². The lowest BCUT2D eigenvalue weighted by molar-refractivity contribution is 0.281. The predicted octanol–water partition coefficient (Wildman–Crippen LogP) is 11.8. The summed E-state index contributed by atoms with van der Waals surface area (Å²) in [4.78, 5) is 8.85. The van der Waals surface area contributed by atoms with Crippen LogP contribution in [0, 0.1) is 0 Å². The molecular formula is C36H66N2O2Si3. The van der Waals surface area contributed by atoms with E-state index in [4.69, 9.17) is 9.47 Å². The Morgan fingerprint density at radius 1 is 0.535 bits per heavy atom. The molecule has 0 aliphatic carbocycles. The van der Waals surface area contributed by atoms with Gasteiger partial charge >= 0.3 is 6.01 Å². The molecule has 1 aromatic heterocycles. The third-order valence-electron chi connectivity index (χ3n) is 8.28. The molecule has 2 rings (SSSR count). The molecule has 43 heavy (non-hydrogen) atoms. The molecule has 0 spiro atoms. The smallest absolute Gasteiger partial charge is 0.316 e. The average Bonchev–Trinajstić information content (AvgIpc) is 2.92. The van der Waals surface area contributed by atoms with Gasteiger partial charge < -0.3 is 9.47 Å². The standard InChI is InChI=1S/C36H66N2O2Si3/c1-9-10-11-19-26-39-35-24-22-33(23-25-35)34-29-37-36(38-30-34)40-27-20-17-15-13-12-14-16-18-21-28-42(5,6)32-43(7,8)31-41(2,3)4/h22-25,29-30H,9-21,26-28,31-32H2,1-8H3. The molecule has 7 heteroatoms. The first-order chi connectivity index (χ1) is 20.4. The first-order valence-corrected chi connectivity index (χ1v) is 28.1. The molecule has 0 aliphatic heterocycles. The van der Waals surface area contributed by atoms with Crippen LogP contribution < -0.4 is 9.47 Å². The maximum atomic E-state index is 5.85. The van der Waals surface area contributed by atoms with Gasteiger partial charge in [-0.1, -0.05) is 153 Å². The molecule has 0 aliphatic rings. The van der Waals surface area contributed by atoms with Crippen molar-refractivity contribution in [2.45, 2.75) is 154 Å². The summed E-state index contributed by atoms with van der Waals surface area (Å²) in [5.74, 6) is 0.922. The van der Waals surface area contributed by atoms with Crippen LogP contribution in [0.1, 0.15) is 90.4 Å². The second-order valence-electron chi connectivity index (χ2n) is 15.7. The molecular weight excluding hydrogens is 577 g/mol. The molecule has 1 aromatic carbocycles. The lowest BCUT2D eigenvalue weighted by atomic mass is 10.1. The second kappa shape index (κ2) is 19.8. The van der Waals surface area contributed by atoms with Crippen LogP contribution in [0.15, 0.2) is 36.7 Å². The zero-order chi connectivity index (χ0) is 31.6. The van der Waals surface area contributed by atoms with Gasteiger partial charge in [-0.3, -0.25) is 0 Å². The number of hydrogen-bond acceptors (Lipinski definition) is 4. The van der Waals surface area contributed by atoms with Crippen LogP contribution >= 0.6 is 0 Å². The van der Waals surface area contributed by atoms with E-state index in [0.29, 0.717) is 12.6 Å². The highest BCUT2D eigenvalue weighted by Crippen LogP contribution is 2.31. The van der Waals surface area contributed by atoms with Gasteiger partial charge in [0.05, 0.1) is 13.2 Å². The minimum Gasteiger partial charge on any atom is -0.494 e. The van der Waals surface area contributed by atoms with Crippen LogP contribution in [0.3, 0.4) is 0 Å². The van der Waals surface area contributed by atoms with Crippen LogP contribution in [-0.2, 0) is 0 Å². The molecule has 1 heterocycles. The molecule has 0 unspecified atom stereocenters. The zero-order valence-electron chi connectivity index (χ0n) is 29.4. The van der Waals surface area contributed by atoms with Gasteiger partial charge in [0.2, 0.25) is 0 Å². The fraction of sp³-hybridized carbons (Fsp3) is 0.722. The topological polar surface area (TPSA) is 44.2 Å². The van der Waals surface area contributed by atoms with Gasteiger partial charge in [-0.05, 0) is 30.5 Å². The number of benzene rings is 1. The van der Waals surface area contributed by atoms with E-state index in [2.05, 4.69) is 74.9 Å². The van der Waals surface area contributed by atoms with Crippen molar-refractivity contribution < 1.29 is 9.47 Å². The van der Waals surface area contributed by atoms with Crippen molar-refractivity contribution in [3.63, 3.8) is 0 Å². The van der Waals surface area contributed by atoms with E-state index in [1.165, 1.54) is 70.6 Å². The molecule has 0 bridgehead atoms. The Balaban J connectivity index is 1.49. The Kier molecular flexibility index (Phi) is 17.4. The second-order valence-corrected chi connectivity index (χ2v) is 32.8. The fourth-order valence-electron chi connectivity index (χ4n) is 6.99. The summed E-state index contributed by atoms with van der Waals surface area (Å²) in [6.07, 6.45) is 20.7. The summed E-state index contributed by atoms with van der Waals surface area (Å²) in [6, 6.07) is 10.2. The normalized spacial score (nSPS) is 12.5. The Bertz CT molecular complexity index is 989. The maximum Gasteiger partial charge on any atom is 0.316 e. The van der Waals surface area contributed by atoms with E-state index in [-0.39, 0.29) is 0 Å². The first kappa shape index (κ1) is 37.7. The molecule has 0 atom stereocenters. The average molecular weight is 643 g/mol. The molecule has 244 valence electrons. The van der Waals surface area contributed by atoms with Gasteiger partial charge in [-0.25, -0.2) is 9.97 Å². The summed E-state index contributed by atoms with van der Waals surface area (Å²) in [7, 11) is -2.97. The molecule has 0 radical (unpaired) electrons. The number of rotatable bonds is 24. The van der Waals surface area contributed by atoms with Crippen molar-refractivity contribution in [1.29, 1.82) is 0 Å². The number of nitrogens with zero attached hydrogens (tertiary/aromatic N) is 2. The van der Waals surface area contributed by atoms with Crippen LogP contribution in [0.5, 0.6) is 11.8 Å². The zero-order valence-corrected chi connectivity index (χ0v) is 32.4. The summed E-state index contributed by atoms with van der Waals surface area (Å²) in [5, 5.41) is 0. The highest BCUT2D eigenvalue weighted by atomic mass is 28.4. The minimum atomic E-state index is -1.03. The summed E-state index contributed by atoms with van der Waals surface area (Å²) >= 11 is 0. The van der Waals surface area contributed by atoms with Crippen molar-refractivity contribution in [3.8, 4) is 22.9 Å². The highest BCUT2D eigenvalue weighted by Gasteiger charge is 2.34. The molecule has 0 fully saturated rings. The van der Waals surface area contributed by atoms with Crippen molar-refractivity contribution in [2.24, 2.45) is 0 Å². The Labute approximate surface area is 269 Å². The molecule has 0 saturated carbocycles. The lowest BCUT2D eigenvalue weighted by Gasteiger charge is -2.36. The van der Waals surface area contributed by atoms with Crippen molar-refractivity contribution in [2.75, 3.05) is 13.2 Å². The van der Waals surface area contributed by atoms with E-state index in [9.17, 15) is 0 Å². The molecule has 4 nitrogen and oxygen atoms in total. The number of hydrogen-bond donors (Lipinski definition) is 0. The summed E-state index contributed by atoms with van der Waals surface area (Å²) in [5.41, 5.74) is 5.33. The van der Waals surface area contributed by atoms with Gasteiger partial charge in [-0.15, -0.1) is 0 Å². The van der Waals surface area contributed by atoms with Crippen LogP contribution in [0.4, 0.5) is 0 Å². The Morgan fingerprint density at radius 2 is 1.05 bits per heavy atom. The first-order valence-electron chi connectivity index (χ1n) is 17.6. The van der Waals surface area contributed by atoms with Gasteiger partial charge in [0.1, 0.15) is 5.75 Å². The van der Waals surface area contributed by atoms with Gasteiger partial charge in [0, 0.05) is 42.2 Å². The third kappa shape index (κ3) is 18.2. The summed E-state index contributed by atoms with van der Waals surface area (Å²) in [6.45, 7) is 22.1. The maximum absolute atomic E-state index is 5.85. The monoisotopic (exact) mass is 642 g/mol. The highest BCUT2D eigenvalue weighted by molar-refractivity contribution is 7.02. The van der Waals surface area contributed by atoms with Crippen molar-refractivity contribution in [1.82, 2.24) is 9.97 Å². The van der Waals surface area contributed by atoms with Gasteiger partial charge in [-0.2, -0.15) is 0 Å². The predicted molar refractivity (Wildman–Crippen MR) is 197 cm³/mol. The Hall–Kier alpha value is -1.45. The molecule has 0 N–H and O–H groups in total. The number of aromatic nitrogens is 2. The van der Waals surface area contributed by atoms with E-state index >= 15 is 0 Å². The molecule has 2 aromatic rings. The largest absolute Gasteiger partial charge is 0.494 e. The minimum absolute atomic E-state index is 0.476. The van der Waals surface area contributed by atoms with Crippen molar-refractivity contribution >= 4 is 24.2 Å². The Morgan fingerprint density at radius 3 is 1.60 bits per heavy atom. The van der Waals surface area contributed by atoms with Gasteiger partial charge in [0.25, 0.3) is 0 Å². The molecule has 0 amide bonds. The van der Waals surface area contributed by atoms with E-state index in [1.54, 1.807) is 17.4 Å². The number of ether oxygens (including phenoxy) is 2. The molecule has 0 saturated heterocycles. The van der Waals surface area contributed by atoms with Crippen LogP contribution in [-0.4, -0.2) is 47.4 Å². The van der Waals surface area contributed by atoms with E-state index < -0.39 is 24.2 Å². The lowest BCUT2D eigenvalue weighted by Crippen LogP contribution is -2.44. The SMILES string of the molecule is CCCCCCOc1ccc(-c2cnc(OCCCCCCCCCCC[Si](C)(C)C[Si](C)(C)C[Si](C)(C)C)nc2)cc1. The quantitative estimate of drug-likeness (QED) is 0.0844. The third-order valence-corrected chi connectivity index (χ3v) is 25.7. The van der Waals surface area contributed by atoms with Gasteiger partial charge in [0.15, 0.2) is 0 Å². The van der Waals surface area contributed by atoms with Crippen LogP contribution in [0.25, 0.3) is 11.1 Å². The summed E-state index contributed by atoms with van der Waals surface area (Å²) < 4.78 is 11.7. The van der Waals surface area contributed by atoms with E-state index in [0.717, 1.165) is 36.3 Å². The van der Waals surface area contributed by atoms with E-state index in [1.807, 2.05) is 24.5 Å². The number of unbranched alkanes of at least 4 members (excludes halogenated alkanes) is 11.